The van der Waals surface area contributed by atoms with E-state index in [-0.39, 0.29) is 63.0 Å². The van der Waals surface area contributed by atoms with Gasteiger partial charge in [0, 0.05) is 61.1 Å². The molecule has 0 spiro atoms. The minimum atomic E-state index is -2.74. The van der Waals surface area contributed by atoms with Gasteiger partial charge in [0.1, 0.15) is 59.3 Å². The number of halogens is 4. The molecule has 6 heterocycles. The summed E-state index contributed by atoms with van der Waals surface area (Å²) in [4.78, 5) is 34.5. The minimum Gasteiger partial charge on any atom is -0.496 e. The number of fused-ring (bicyclic) bond motifs is 7. The zero-order valence-electron chi connectivity index (χ0n) is 35.1. The number of aliphatic carboxylic acids is 1. The maximum atomic E-state index is 14.3. The van der Waals surface area contributed by atoms with Gasteiger partial charge in [-0.05, 0) is 78.2 Å². The van der Waals surface area contributed by atoms with Crippen LogP contribution in [0.3, 0.4) is 0 Å². The van der Waals surface area contributed by atoms with Crippen molar-refractivity contribution in [1.29, 1.82) is 0 Å². The van der Waals surface area contributed by atoms with Gasteiger partial charge >= 0.3 is 5.97 Å². The number of likely N-dealkylation sites (tertiary alicyclic amines) is 1. The van der Waals surface area contributed by atoms with Crippen molar-refractivity contribution in [3.8, 4) is 61.8 Å². The van der Waals surface area contributed by atoms with Crippen LogP contribution in [0.5, 0.6) is 28.9 Å². The third-order valence-electron chi connectivity index (χ3n) is 11.4. The average molecular weight is 924 g/mol. The number of methoxy groups -OCH3 is 1. The van der Waals surface area contributed by atoms with E-state index in [1.807, 2.05) is 42.2 Å². The number of aromatic nitrogens is 4. The quantitative estimate of drug-likeness (QED) is 0.148. The number of nitrogens with zero attached hydrogens (tertiary/aromatic N) is 5. The predicted octanol–water partition coefficient (Wildman–Crippen LogP) is 10.1. The second kappa shape index (κ2) is 18.5. The first-order valence-corrected chi connectivity index (χ1v) is 22.0. The second-order valence-corrected chi connectivity index (χ2v) is 17.1. The van der Waals surface area contributed by atoms with Gasteiger partial charge in [-0.2, -0.15) is 0 Å². The molecule has 1 saturated heterocycles. The number of piperidine rings is 1. The molecular weight excluding hydrogens is 883 g/mol. The fraction of sp³-hybridized carbons (Fsp3) is 0.271. The highest BCUT2D eigenvalue weighted by Crippen LogP contribution is 2.50. The monoisotopic (exact) mass is 923 g/mol. The number of ether oxygens (including phenoxy) is 5. The van der Waals surface area contributed by atoms with Crippen LogP contribution in [0, 0.1) is 12.7 Å². The van der Waals surface area contributed by atoms with Gasteiger partial charge in [-0.1, -0.05) is 41.9 Å². The summed E-state index contributed by atoms with van der Waals surface area (Å²) in [6, 6.07) is 23.7. The molecule has 2 atom stereocenters. The molecule has 4 aromatic carbocycles. The average Bonchev–Trinajstić information content (AvgIpc) is 3.70. The number of benzene rings is 4. The summed E-state index contributed by atoms with van der Waals surface area (Å²) in [7, 11) is 1.57. The number of thiophene rings is 1. The van der Waals surface area contributed by atoms with Gasteiger partial charge in [-0.15, -0.1) is 11.3 Å². The van der Waals surface area contributed by atoms with Crippen molar-refractivity contribution in [2.24, 2.45) is 0 Å². The van der Waals surface area contributed by atoms with Crippen molar-refractivity contribution in [3.05, 3.63) is 125 Å². The molecule has 4 bridgehead atoms. The lowest BCUT2D eigenvalue weighted by atomic mass is 9.96. The van der Waals surface area contributed by atoms with Crippen LogP contribution in [0.25, 0.3) is 43.2 Å². The number of hydrogen-bond acceptors (Lipinski definition) is 12. The van der Waals surface area contributed by atoms with Crippen LogP contribution in [0.2, 0.25) is 5.02 Å². The summed E-state index contributed by atoms with van der Waals surface area (Å²) in [6.45, 7) is 2.40. The number of carboxylic acids is 1. The smallest absolute Gasteiger partial charge is 0.345 e. The number of carbonyl (C=O) groups is 1. The molecule has 10 rings (SSSR count). The van der Waals surface area contributed by atoms with E-state index in [1.165, 1.54) is 29.8 Å². The highest BCUT2D eigenvalue weighted by Gasteiger charge is 2.35. The van der Waals surface area contributed by atoms with Crippen molar-refractivity contribution in [1.82, 2.24) is 24.8 Å². The minimum absolute atomic E-state index is 0.00441. The Morgan fingerprint density at radius 1 is 0.969 bits per heavy atom. The fourth-order valence-corrected chi connectivity index (χ4v) is 9.33. The lowest BCUT2D eigenvalue weighted by Gasteiger charge is -2.34. The molecule has 65 heavy (non-hydrogen) atoms. The van der Waals surface area contributed by atoms with E-state index in [2.05, 4.69) is 15.0 Å². The van der Waals surface area contributed by atoms with E-state index in [1.54, 1.807) is 55.8 Å². The molecule has 1 fully saturated rings. The van der Waals surface area contributed by atoms with Gasteiger partial charge in [0.05, 0.1) is 28.8 Å². The van der Waals surface area contributed by atoms with Crippen LogP contribution in [0.1, 0.15) is 29.7 Å². The Bertz CT molecular complexity index is 2880. The summed E-state index contributed by atoms with van der Waals surface area (Å²) in [5, 5.41) is 11.5. The number of rotatable bonds is 9. The third kappa shape index (κ3) is 9.51. The molecule has 3 aliphatic heterocycles. The summed E-state index contributed by atoms with van der Waals surface area (Å²) in [6.07, 6.45) is -0.00909. The Balaban J connectivity index is 1.13. The summed E-state index contributed by atoms with van der Waals surface area (Å²) < 4.78 is 74.0. The van der Waals surface area contributed by atoms with Crippen molar-refractivity contribution in [3.63, 3.8) is 0 Å². The van der Waals surface area contributed by atoms with E-state index in [9.17, 15) is 23.1 Å². The molecule has 0 radical (unpaired) electrons. The summed E-state index contributed by atoms with van der Waals surface area (Å²) >= 11 is 8.46. The van der Waals surface area contributed by atoms with Crippen LogP contribution in [-0.4, -0.2) is 87.4 Å². The maximum Gasteiger partial charge on any atom is 0.345 e. The van der Waals surface area contributed by atoms with Crippen LogP contribution in [-0.2, 0) is 17.8 Å². The van der Waals surface area contributed by atoms with E-state index < -0.39 is 29.9 Å². The number of para-hydroxylation sites is 1. The topological polar surface area (TPSA) is 138 Å². The van der Waals surface area contributed by atoms with Gasteiger partial charge in [-0.3, -0.25) is 4.90 Å². The largest absolute Gasteiger partial charge is 0.496 e. The fourth-order valence-electron chi connectivity index (χ4n) is 7.97. The molecular formula is C48H41ClF3N5O7S. The Hall–Kier alpha value is -6.49. The normalized spacial score (nSPS) is 17.4. The summed E-state index contributed by atoms with van der Waals surface area (Å²) in [5.41, 5.74) is 4.22. The first-order valence-electron chi connectivity index (χ1n) is 20.8. The Kier molecular flexibility index (Phi) is 12.5. The second-order valence-electron chi connectivity index (χ2n) is 15.7. The van der Waals surface area contributed by atoms with Crippen molar-refractivity contribution in [2.45, 2.75) is 50.9 Å². The van der Waals surface area contributed by atoms with E-state index in [0.29, 0.717) is 83.0 Å². The van der Waals surface area contributed by atoms with Gasteiger partial charge in [0.15, 0.2) is 5.82 Å². The highest BCUT2D eigenvalue weighted by molar-refractivity contribution is 7.22. The van der Waals surface area contributed by atoms with Gasteiger partial charge in [0.2, 0.25) is 12.0 Å². The van der Waals surface area contributed by atoms with Gasteiger partial charge in [0.25, 0.3) is 5.92 Å². The number of hydrogen-bond donors (Lipinski definition) is 1. The lowest BCUT2D eigenvalue weighted by molar-refractivity contribution is -0.145. The first-order chi connectivity index (χ1) is 31.4. The molecule has 3 aromatic heterocycles. The van der Waals surface area contributed by atoms with Crippen LogP contribution >= 0.6 is 22.9 Å². The molecule has 0 saturated carbocycles. The molecule has 0 aliphatic carbocycles. The molecule has 334 valence electrons. The Labute approximate surface area is 380 Å². The van der Waals surface area contributed by atoms with E-state index >= 15 is 0 Å². The maximum absolute atomic E-state index is 14.3. The lowest BCUT2D eigenvalue weighted by Crippen LogP contribution is -2.45. The van der Waals surface area contributed by atoms with Crippen molar-refractivity contribution < 1.29 is 46.8 Å². The van der Waals surface area contributed by atoms with Crippen molar-refractivity contribution >= 4 is 39.1 Å². The standard InChI is InChI=1S/C48H41ClF3N5O7S/c1-27-34-12-14-38(42(27)49)63-33(23-57-19-16-48(51,52)17-20-57)25-61-32-11-13-36(62-24-31-15-18-53-44(56-31)35-5-3-4-6-37(35)60-2)29(21-32)22-39(47(58)59)64-45-41-40(34)43(65-46(41)55-26-54-45)28-7-9-30(50)10-8-28/h3-15,18,21,26,33,39H,16-17,19-20,22-25H2,1-2H3,(H,58,59)/t33-,39-/m1/s1. The van der Waals surface area contributed by atoms with Crippen molar-refractivity contribution in [2.75, 3.05) is 33.4 Å². The van der Waals surface area contributed by atoms with E-state index in [4.69, 9.17) is 40.3 Å². The molecule has 12 nitrogen and oxygen atoms in total. The zero-order valence-corrected chi connectivity index (χ0v) is 36.7. The van der Waals surface area contributed by atoms with Gasteiger partial charge in [-0.25, -0.2) is 37.9 Å². The highest BCUT2D eigenvalue weighted by atomic mass is 35.5. The van der Waals surface area contributed by atoms with Crippen LogP contribution in [0.4, 0.5) is 13.2 Å². The SMILES string of the molecule is COc1ccccc1-c1nccc(COc2ccc3cc2C[C@H](C(=O)O)Oc2ncnc4sc(-c5ccc(F)cc5)c(c24)-c2ccc(c(Cl)c2C)O[C@H](CN2CCC(F)(F)CC2)CO3)n1. The molecule has 1 N–H and O–H groups in total. The van der Waals surface area contributed by atoms with Crippen LogP contribution in [0.15, 0.2) is 97.5 Å². The molecule has 17 heteroatoms. The summed E-state index contributed by atoms with van der Waals surface area (Å²) in [5.74, 6) is -2.33. The number of alkyl halides is 2. The third-order valence-corrected chi connectivity index (χ3v) is 13.0. The molecule has 0 unspecified atom stereocenters. The molecule has 0 amide bonds. The molecule has 7 aromatic rings. The first kappa shape index (κ1) is 43.7. The van der Waals surface area contributed by atoms with E-state index in [0.717, 1.165) is 0 Å². The Morgan fingerprint density at radius 3 is 2.55 bits per heavy atom. The molecule has 3 aliphatic rings. The zero-order chi connectivity index (χ0) is 45.2. The predicted molar refractivity (Wildman–Crippen MR) is 239 cm³/mol. The number of carboxylic acid groups (broad SMARTS) is 1. The Morgan fingerprint density at radius 2 is 1.77 bits per heavy atom. The van der Waals surface area contributed by atoms with Crippen LogP contribution < -0.4 is 23.7 Å². The van der Waals surface area contributed by atoms with Gasteiger partial charge < -0.3 is 28.8 Å².